The third kappa shape index (κ3) is 2.42. The van der Waals surface area contributed by atoms with Crippen LogP contribution in [0.15, 0.2) is 40.8 Å². The van der Waals surface area contributed by atoms with Crippen molar-refractivity contribution in [3.8, 4) is 0 Å². The fraction of sp³-hybridized carbons (Fsp3) is 0.500. The van der Waals surface area contributed by atoms with E-state index in [-0.39, 0.29) is 5.70 Å². The van der Waals surface area contributed by atoms with Gasteiger partial charge in [-0.25, -0.2) is 0 Å². The molecule has 1 unspecified atom stereocenters. The molecule has 0 aliphatic heterocycles. The van der Waals surface area contributed by atoms with E-state index in [1.165, 1.54) is 5.57 Å². The van der Waals surface area contributed by atoms with Gasteiger partial charge in [0.15, 0.2) is 0 Å². The Labute approximate surface area is 89.2 Å². The Morgan fingerprint density at radius 1 is 1.33 bits per heavy atom. The van der Waals surface area contributed by atoms with Crippen LogP contribution in [0.4, 0.5) is 0 Å². The van der Waals surface area contributed by atoms with Crippen LogP contribution < -0.4 is 0 Å². The predicted octanol–water partition coefficient (Wildman–Crippen LogP) is 2.68. The molecule has 0 heterocycles. The fourth-order valence-electron chi connectivity index (χ4n) is 2.19. The van der Waals surface area contributed by atoms with Gasteiger partial charge in [0.05, 0.1) is 0 Å². The van der Waals surface area contributed by atoms with Crippen molar-refractivity contribution >= 4 is 0 Å². The highest BCUT2D eigenvalue weighted by atomic mass is 16.3. The Bertz CT molecular complexity index is 334. The number of rotatable bonds is 3. The average Bonchev–Trinajstić information content (AvgIpc) is 2.71. The van der Waals surface area contributed by atoms with Gasteiger partial charge in [0.2, 0.25) is 0 Å². The lowest BCUT2D eigenvalue weighted by Crippen LogP contribution is -2.14. The monoisotopic (exact) mass is 205 g/mol. The first kappa shape index (κ1) is 10.3. The summed E-state index contributed by atoms with van der Waals surface area (Å²) >= 11 is 0. The lowest BCUT2D eigenvalue weighted by Gasteiger charge is -2.18. The Morgan fingerprint density at radius 2 is 2.07 bits per heavy atom. The molecule has 0 saturated carbocycles. The maximum atomic E-state index is 10.3. The summed E-state index contributed by atoms with van der Waals surface area (Å²) in [5, 5.41) is 12.4. The molecule has 1 N–H and O–H groups in total. The maximum Gasteiger partial charge on any atom is 0.114 e. The average molecular weight is 205 g/mol. The first-order valence-corrected chi connectivity index (χ1v) is 5.35. The quantitative estimate of drug-likeness (QED) is 0.568. The van der Waals surface area contributed by atoms with Crippen LogP contribution in [0.1, 0.15) is 25.7 Å². The van der Waals surface area contributed by atoms with Crippen LogP contribution in [0.5, 0.6) is 0 Å². The minimum absolute atomic E-state index is 0.253. The summed E-state index contributed by atoms with van der Waals surface area (Å²) in [6, 6.07) is 0. The highest BCUT2D eigenvalue weighted by Gasteiger charge is 2.20. The van der Waals surface area contributed by atoms with Gasteiger partial charge < -0.3 is 5.11 Å². The summed E-state index contributed by atoms with van der Waals surface area (Å²) in [6.07, 6.45) is 11.1. The second kappa shape index (κ2) is 4.53. The van der Waals surface area contributed by atoms with E-state index in [2.05, 4.69) is 17.3 Å². The topological polar surface area (TPSA) is 49.7 Å². The molecule has 1 atom stereocenters. The van der Waals surface area contributed by atoms with Crippen molar-refractivity contribution in [3.63, 3.8) is 0 Å². The zero-order valence-electron chi connectivity index (χ0n) is 8.60. The summed E-state index contributed by atoms with van der Waals surface area (Å²) in [5.41, 5.74) is 1.48. The van der Waals surface area contributed by atoms with Crippen LogP contribution >= 0.6 is 0 Å². The highest BCUT2D eigenvalue weighted by molar-refractivity contribution is 5.27. The SMILES string of the molecule is O=NC1=CC=C(CC2CC=CC2)CC1O. The summed E-state index contributed by atoms with van der Waals surface area (Å²) in [4.78, 5) is 10.3. The van der Waals surface area contributed by atoms with Crippen LogP contribution in [0.2, 0.25) is 0 Å². The molecular formula is C12H15NO2. The number of aliphatic hydroxyl groups excluding tert-OH is 1. The summed E-state index contributed by atoms with van der Waals surface area (Å²) < 4.78 is 0. The van der Waals surface area contributed by atoms with E-state index in [0.717, 1.165) is 19.3 Å². The molecule has 3 nitrogen and oxygen atoms in total. The Morgan fingerprint density at radius 3 is 2.67 bits per heavy atom. The smallest absolute Gasteiger partial charge is 0.114 e. The molecule has 0 saturated heterocycles. The molecule has 0 amide bonds. The van der Waals surface area contributed by atoms with E-state index < -0.39 is 6.10 Å². The molecule has 0 aromatic carbocycles. The second-order valence-corrected chi connectivity index (χ2v) is 4.24. The van der Waals surface area contributed by atoms with Gasteiger partial charge in [-0.3, -0.25) is 0 Å². The van der Waals surface area contributed by atoms with E-state index in [1.807, 2.05) is 6.08 Å². The lowest BCUT2D eigenvalue weighted by molar-refractivity contribution is 0.205. The van der Waals surface area contributed by atoms with Gasteiger partial charge in [0.25, 0.3) is 0 Å². The molecule has 0 spiro atoms. The van der Waals surface area contributed by atoms with Gasteiger partial charge in [-0.1, -0.05) is 23.8 Å². The number of aliphatic hydroxyl groups is 1. The predicted molar refractivity (Wildman–Crippen MR) is 59.1 cm³/mol. The van der Waals surface area contributed by atoms with E-state index >= 15 is 0 Å². The minimum Gasteiger partial charge on any atom is -0.386 e. The van der Waals surface area contributed by atoms with Crippen LogP contribution in [0.3, 0.4) is 0 Å². The van der Waals surface area contributed by atoms with Crippen LogP contribution in [-0.2, 0) is 0 Å². The van der Waals surface area contributed by atoms with E-state index in [4.69, 9.17) is 0 Å². The first-order chi connectivity index (χ1) is 7.29. The number of nitroso groups, excluding NO2 is 1. The first-order valence-electron chi connectivity index (χ1n) is 5.35. The number of nitrogens with zero attached hydrogens (tertiary/aromatic N) is 1. The summed E-state index contributed by atoms with van der Waals surface area (Å²) in [5.74, 6) is 0.683. The largest absolute Gasteiger partial charge is 0.386 e. The lowest BCUT2D eigenvalue weighted by atomic mass is 9.90. The normalized spacial score (nSPS) is 26.3. The molecule has 3 heteroatoms. The molecular weight excluding hydrogens is 190 g/mol. The van der Waals surface area contributed by atoms with Crippen molar-refractivity contribution in [2.75, 3.05) is 0 Å². The zero-order chi connectivity index (χ0) is 10.7. The molecule has 2 aliphatic rings. The highest BCUT2D eigenvalue weighted by Crippen LogP contribution is 2.30. The fourth-order valence-corrected chi connectivity index (χ4v) is 2.19. The van der Waals surface area contributed by atoms with E-state index in [0.29, 0.717) is 12.3 Å². The summed E-state index contributed by atoms with van der Waals surface area (Å²) in [7, 11) is 0. The standard InChI is InChI=1S/C12H15NO2/c14-12-8-10(5-6-11(12)13-15)7-9-3-1-2-4-9/h1-2,5-6,9,12,14H,3-4,7-8H2. The minimum atomic E-state index is -0.697. The maximum absolute atomic E-state index is 10.3. The second-order valence-electron chi connectivity index (χ2n) is 4.24. The number of allylic oxidation sites excluding steroid dienone is 4. The summed E-state index contributed by atoms with van der Waals surface area (Å²) in [6.45, 7) is 0. The molecule has 0 aromatic rings. The Kier molecular flexibility index (Phi) is 3.11. The van der Waals surface area contributed by atoms with Gasteiger partial charge in [-0.15, -0.1) is 4.91 Å². The molecule has 15 heavy (non-hydrogen) atoms. The molecule has 80 valence electrons. The van der Waals surface area contributed by atoms with Crippen molar-refractivity contribution in [2.45, 2.75) is 31.8 Å². The molecule has 0 radical (unpaired) electrons. The molecule has 2 rings (SSSR count). The van der Waals surface area contributed by atoms with Crippen LogP contribution in [-0.4, -0.2) is 11.2 Å². The van der Waals surface area contributed by atoms with Gasteiger partial charge >= 0.3 is 0 Å². The molecule has 0 fully saturated rings. The Balaban J connectivity index is 1.96. The van der Waals surface area contributed by atoms with Crippen LogP contribution in [0.25, 0.3) is 0 Å². The van der Waals surface area contributed by atoms with Gasteiger partial charge in [-0.2, -0.15) is 0 Å². The number of hydrogen-bond acceptors (Lipinski definition) is 3. The van der Waals surface area contributed by atoms with E-state index in [1.54, 1.807) is 6.08 Å². The van der Waals surface area contributed by atoms with Gasteiger partial charge in [-0.05, 0) is 36.4 Å². The zero-order valence-corrected chi connectivity index (χ0v) is 8.60. The van der Waals surface area contributed by atoms with Gasteiger partial charge in [0.1, 0.15) is 11.8 Å². The van der Waals surface area contributed by atoms with Crippen molar-refractivity contribution in [2.24, 2.45) is 11.1 Å². The van der Waals surface area contributed by atoms with Crippen molar-refractivity contribution in [1.82, 2.24) is 0 Å². The van der Waals surface area contributed by atoms with Crippen molar-refractivity contribution < 1.29 is 5.11 Å². The van der Waals surface area contributed by atoms with Crippen LogP contribution in [0, 0.1) is 10.8 Å². The third-order valence-corrected chi connectivity index (χ3v) is 3.05. The number of hydrogen-bond donors (Lipinski definition) is 1. The molecule has 0 aromatic heterocycles. The van der Waals surface area contributed by atoms with Crippen molar-refractivity contribution in [3.05, 3.63) is 40.5 Å². The van der Waals surface area contributed by atoms with Crippen molar-refractivity contribution in [1.29, 1.82) is 0 Å². The molecule has 0 bridgehead atoms. The van der Waals surface area contributed by atoms with Gasteiger partial charge in [0, 0.05) is 6.42 Å². The Hall–Kier alpha value is -1.22. The molecule has 2 aliphatic carbocycles. The third-order valence-electron chi connectivity index (χ3n) is 3.05. The van der Waals surface area contributed by atoms with E-state index in [9.17, 15) is 10.0 Å².